The van der Waals surface area contributed by atoms with Crippen LogP contribution < -0.4 is 4.74 Å². The number of Topliss-reactive ketones (excluding diaryl/α,β-unsaturated/α-hetero) is 1. The van der Waals surface area contributed by atoms with E-state index in [9.17, 15) is 9.59 Å². The first-order chi connectivity index (χ1) is 14.2. The normalized spacial score (nSPS) is 19.7. The topological polar surface area (TPSA) is 52.6 Å². The molecule has 4 heteroatoms. The van der Waals surface area contributed by atoms with Crippen molar-refractivity contribution in [2.45, 2.75) is 19.3 Å². The lowest BCUT2D eigenvalue weighted by atomic mass is 9.65. The number of ether oxygens (including phenoxy) is 2. The summed E-state index contributed by atoms with van der Waals surface area (Å²) >= 11 is 0. The molecule has 4 nitrogen and oxygen atoms in total. The Balaban J connectivity index is 1.79. The summed E-state index contributed by atoms with van der Waals surface area (Å²) in [6.45, 7) is 1.99. The third-order valence-electron chi connectivity index (χ3n) is 5.95. The van der Waals surface area contributed by atoms with Gasteiger partial charge in [-0.2, -0.15) is 0 Å². The Kier molecular flexibility index (Phi) is 4.02. The van der Waals surface area contributed by atoms with Gasteiger partial charge in [0.05, 0.1) is 6.61 Å². The van der Waals surface area contributed by atoms with E-state index >= 15 is 0 Å². The SMILES string of the molecule is CCOC(=O)[C@]1(C2c3ccccc3Oc3ccccc32)Cc2ccccc2C1=O. The summed E-state index contributed by atoms with van der Waals surface area (Å²) in [5.41, 5.74) is 1.80. The van der Waals surface area contributed by atoms with Crippen LogP contribution in [0.1, 0.15) is 39.9 Å². The van der Waals surface area contributed by atoms with E-state index in [0.717, 1.165) is 16.7 Å². The highest BCUT2D eigenvalue weighted by Gasteiger charge is 2.60. The van der Waals surface area contributed by atoms with Crippen LogP contribution in [0.25, 0.3) is 0 Å². The zero-order chi connectivity index (χ0) is 20.0. The summed E-state index contributed by atoms with van der Waals surface area (Å²) < 4.78 is 11.6. The van der Waals surface area contributed by atoms with E-state index in [-0.39, 0.29) is 12.4 Å². The van der Waals surface area contributed by atoms with Gasteiger partial charge < -0.3 is 9.47 Å². The van der Waals surface area contributed by atoms with Crippen LogP contribution in [-0.2, 0) is 16.0 Å². The predicted octanol–water partition coefficient (Wildman–Crippen LogP) is 4.91. The molecule has 0 amide bonds. The average Bonchev–Trinajstić information content (AvgIpc) is 3.05. The molecule has 0 radical (unpaired) electrons. The van der Waals surface area contributed by atoms with Gasteiger partial charge in [0.15, 0.2) is 5.78 Å². The number of carbonyl (C=O) groups is 2. The Hall–Kier alpha value is -3.40. The van der Waals surface area contributed by atoms with Crippen molar-refractivity contribution < 1.29 is 19.1 Å². The number of rotatable bonds is 3. The zero-order valence-corrected chi connectivity index (χ0v) is 16.1. The summed E-state index contributed by atoms with van der Waals surface area (Å²) in [5.74, 6) is 0.204. The van der Waals surface area contributed by atoms with Crippen molar-refractivity contribution in [2.24, 2.45) is 5.41 Å². The molecule has 1 aliphatic carbocycles. The number of fused-ring (bicyclic) bond motifs is 3. The van der Waals surface area contributed by atoms with Gasteiger partial charge >= 0.3 is 5.97 Å². The number of benzene rings is 3. The minimum atomic E-state index is -1.35. The van der Waals surface area contributed by atoms with Crippen LogP contribution in [0.15, 0.2) is 72.8 Å². The second-order valence-corrected chi connectivity index (χ2v) is 7.47. The lowest BCUT2D eigenvalue weighted by Gasteiger charge is -2.38. The second kappa shape index (κ2) is 6.59. The average molecular weight is 384 g/mol. The van der Waals surface area contributed by atoms with Gasteiger partial charge in [-0.05, 0) is 31.0 Å². The minimum absolute atomic E-state index is 0.178. The lowest BCUT2D eigenvalue weighted by Crippen LogP contribution is -2.45. The maximum atomic E-state index is 13.8. The van der Waals surface area contributed by atoms with Crippen molar-refractivity contribution in [3.63, 3.8) is 0 Å². The van der Waals surface area contributed by atoms with E-state index in [1.165, 1.54) is 0 Å². The quantitative estimate of drug-likeness (QED) is 0.475. The molecule has 1 aliphatic heterocycles. The molecule has 0 spiro atoms. The smallest absolute Gasteiger partial charge is 0.321 e. The van der Waals surface area contributed by atoms with E-state index in [2.05, 4.69) is 0 Å². The molecule has 0 aromatic heterocycles. The molecular weight excluding hydrogens is 364 g/mol. The van der Waals surface area contributed by atoms with Crippen molar-refractivity contribution >= 4 is 11.8 Å². The van der Waals surface area contributed by atoms with Gasteiger partial charge in [0.1, 0.15) is 16.9 Å². The van der Waals surface area contributed by atoms with E-state index in [0.29, 0.717) is 23.5 Å². The summed E-state index contributed by atoms with van der Waals surface area (Å²) in [4.78, 5) is 27.3. The first-order valence-electron chi connectivity index (χ1n) is 9.82. The molecule has 0 unspecified atom stereocenters. The Labute approximate surface area is 169 Å². The van der Waals surface area contributed by atoms with E-state index < -0.39 is 17.3 Å². The van der Waals surface area contributed by atoms with Crippen LogP contribution in [0.4, 0.5) is 0 Å². The Morgan fingerprint density at radius 3 is 2.17 bits per heavy atom. The van der Waals surface area contributed by atoms with Gasteiger partial charge in [-0.1, -0.05) is 60.7 Å². The van der Waals surface area contributed by atoms with Gasteiger partial charge in [-0.15, -0.1) is 0 Å². The van der Waals surface area contributed by atoms with Crippen LogP contribution in [-0.4, -0.2) is 18.4 Å². The van der Waals surface area contributed by atoms with Crippen LogP contribution in [0.5, 0.6) is 11.5 Å². The van der Waals surface area contributed by atoms with E-state index in [1.54, 1.807) is 13.0 Å². The molecule has 0 fully saturated rings. The number of hydrogen-bond acceptors (Lipinski definition) is 4. The molecule has 1 heterocycles. The highest BCUT2D eigenvalue weighted by atomic mass is 16.5. The van der Waals surface area contributed by atoms with E-state index in [4.69, 9.17) is 9.47 Å². The molecule has 0 saturated carbocycles. The summed E-state index contributed by atoms with van der Waals surface area (Å²) in [5, 5.41) is 0. The van der Waals surface area contributed by atoms with Crippen molar-refractivity contribution in [1.29, 1.82) is 0 Å². The second-order valence-electron chi connectivity index (χ2n) is 7.47. The highest BCUT2D eigenvalue weighted by molar-refractivity contribution is 6.17. The molecule has 3 aromatic rings. The predicted molar refractivity (Wildman–Crippen MR) is 108 cm³/mol. The summed E-state index contributed by atoms with van der Waals surface area (Å²) in [6, 6.07) is 22.7. The molecule has 0 N–H and O–H groups in total. The van der Waals surface area contributed by atoms with Crippen LogP contribution in [0.3, 0.4) is 0 Å². The maximum absolute atomic E-state index is 13.8. The third-order valence-corrected chi connectivity index (χ3v) is 5.95. The fourth-order valence-corrected chi connectivity index (χ4v) is 4.73. The monoisotopic (exact) mass is 384 g/mol. The van der Waals surface area contributed by atoms with E-state index in [1.807, 2.05) is 66.7 Å². The van der Waals surface area contributed by atoms with Crippen molar-refractivity contribution in [3.05, 3.63) is 95.1 Å². The Bertz CT molecular complexity index is 1090. The minimum Gasteiger partial charge on any atom is -0.465 e. The molecule has 144 valence electrons. The fourth-order valence-electron chi connectivity index (χ4n) is 4.73. The highest BCUT2D eigenvalue weighted by Crippen LogP contribution is 2.57. The number of carbonyl (C=O) groups excluding carboxylic acids is 2. The largest absolute Gasteiger partial charge is 0.465 e. The van der Waals surface area contributed by atoms with Crippen molar-refractivity contribution in [3.8, 4) is 11.5 Å². The molecule has 5 rings (SSSR count). The van der Waals surface area contributed by atoms with Gasteiger partial charge in [0, 0.05) is 22.6 Å². The first kappa shape index (κ1) is 17.7. The van der Waals surface area contributed by atoms with Gasteiger partial charge in [0.25, 0.3) is 0 Å². The molecule has 0 bridgehead atoms. The van der Waals surface area contributed by atoms with Crippen molar-refractivity contribution in [2.75, 3.05) is 6.61 Å². The molecular formula is C25H20O4. The first-order valence-corrected chi connectivity index (χ1v) is 9.82. The lowest BCUT2D eigenvalue weighted by molar-refractivity contribution is -0.152. The zero-order valence-electron chi connectivity index (χ0n) is 16.1. The molecule has 29 heavy (non-hydrogen) atoms. The van der Waals surface area contributed by atoms with Crippen LogP contribution >= 0.6 is 0 Å². The van der Waals surface area contributed by atoms with Crippen LogP contribution in [0.2, 0.25) is 0 Å². The number of hydrogen-bond donors (Lipinski definition) is 0. The number of ketones is 1. The standard InChI is InChI=1S/C25H20O4/c1-2-28-24(27)25(15-16-9-3-4-10-17(16)23(25)26)22-18-11-5-7-13-20(18)29-21-14-8-6-12-19(21)22/h3-14,22H,2,15H2,1H3/t25-/m0/s1. The molecule has 1 atom stereocenters. The number of para-hydroxylation sites is 2. The van der Waals surface area contributed by atoms with Crippen molar-refractivity contribution in [1.82, 2.24) is 0 Å². The summed E-state index contributed by atoms with van der Waals surface area (Å²) in [7, 11) is 0. The fraction of sp³-hybridized carbons (Fsp3) is 0.200. The maximum Gasteiger partial charge on any atom is 0.321 e. The molecule has 0 saturated heterocycles. The van der Waals surface area contributed by atoms with Gasteiger partial charge in [0.2, 0.25) is 0 Å². The number of esters is 1. The Morgan fingerprint density at radius 2 is 1.55 bits per heavy atom. The molecule has 3 aromatic carbocycles. The third kappa shape index (κ3) is 2.45. The Morgan fingerprint density at radius 1 is 0.966 bits per heavy atom. The van der Waals surface area contributed by atoms with Crippen LogP contribution in [0, 0.1) is 5.41 Å². The van der Waals surface area contributed by atoms with Gasteiger partial charge in [-0.25, -0.2) is 0 Å². The molecule has 2 aliphatic rings. The van der Waals surface area contributed by atoms with Gasteiger partial charge in [-0.3, -0.25) is 9.59 Å². The summed E-state index contributed by atoms with van der Waals surface area (Å²) in [6.07, 6.45) is 0.314.